The summed E-state index contributed by atoms with van der Waals surface area (Å²) in [6, 6.07) is 3.19. The quantitative estimate of drug-likeness (QED) is 0.422. The smallest absolute Gasteiger partial charge is 0.344 e. The summed E-state index contributed by atoms with van der Waals surface area (Å²) >= 11 is 18.6. The minimum Gasteiger partial charge on any atom is -0.479 e. The van der Waals surface area contributed by atoms with Crippen LogP contribution in [0.25, 0.3) is 6.08 Å². The van der Waals surface area contributed by atoms with Gasteiger partial charge in [0.05, 0.1) is 21.6 Å². The normalized spacial score (nSPS) is 16.0. The van der Waals surface area contributed by atoms with Crippen molar-refractivity contribution < 1.29 is 19.1 Å². The zero-order valence-electron chi connectivity index (χ0n) is 12.8. The summed E-state index contributed by atoms with van der Waals surface area (Å²) in [5.74, 6) is -0.508. The molecule has 0 aliphatic carbocycles. The van der Waals surface area contributed by atoms with Crippen molar-refractivity contribution in [1.29, 1.82) is 0 Å². The first-order valence-electron chi connectivity index (χ1n) is 6.82. The van der Waals surface area contributed by atoms with Crippen LogP contribution >= 0.6 is 47.2 Å². The molecule has 1 aliphatic rings. The maximum atomic E-state index is 12.0. The Balaban J connectivity index is 2.19. The van der Waals surface area contributed by atoms with E-state index in [9.17, 15) is 9.59 Å². The van der Waals surface area contributed by atoms with Gasteiger partial charge in [-0.3, -0.25) is 9.69 Å². The Morgan fingerprint density at radius 3 is 2.50 bits per heavy atom. The fourth-order valence-corrected chi connectivity index (χ4v) is 3.62. The molecule has 0 saturated carbocycles. The molecular weight excluding hydrogens is 393 g/mol. The van der Waals surface area contributed by atoms with E-state index in [4.69, 9.17) is 44.9 Å². The van der Waals surface area contributed by atoms with Crippen LogP contribution in [0.5, 0.6) is 5.75 Å². The number of benzene rings is 1. The van der Waals surface area contributed by atoms with Crippen molar-refractivity contribution in [2.45, 2.75) is 6.92 Å². The first-order valence-corrected chi connectivity index (χ1v) is 8.80. The molecule has 0 unspecified atom stereocenters. The van der Waals surface area contributed by atoms with Crippen molar-refractivity contribution in [3.63, 3.8) is 0 Å². The number of halogens is 2. The number of likely N-dealkylation sites (N-methyl/N-ethyl adjacent to an activating group) is 1. The Labute approximate surface area is 158 Å². The van der Waals surface area contributed by atoms with E-state index < -0.39 is 5.97 Å². The number of hydrogen-bond acceptors (Lipinski definition) is 6. The van der Waals surface area contributed by atoms with Crippen LogP contribution in [0.15, 0.2) is 17.0 Å². The number of amides is 1. The second-order valence-electron chi connectivity index (χ2n) is 4.65. The molecule has 1 aromatic rings. The number of hydrogen-bond donors (Lipinski definition) is 0. The number of nitrogens with zero attached hydrogens (tertiary/aromatic N) is 1. The van der Waals surface area contributed by atoms with Gasteiger partial charge < -0.3 is 9.47 Å². The largest absolute Gasteiger partial charge is 0.479 e. The molecule has 0 aromatic heterocycles. The van der Waals surface area contributed by atoms with Crippen LogP contribution in [-0.4, -0.2) is 41.4 Å². The Kier molecular flexibility index (Phi) is 6.51. The molecule has 0 radical (unpaired) electrons. The summed E-state index contributed by atoms with van der Waals surface area (Å²) in [5.41, 5.74) is 0.627. The maximum Gasteiger partial charge on any atom is 0.344 e. The molecule has 1 fully saturated rings. The topological polar surface area (TPSA) is 55.8 Å². The predicted octanol–water partition coefficient (Wildman–Crippen LogP) is 3.77. The number of carbonyl (C=O) groups is 2. The summed E-state index contributed by atoms with van der Waals surface area (Å²) in [5, 5.41) is 0.454. The summed E-state index contributed by atoms with van der Waals surface area (Å²) < 4.78 is 10.6. The fourth-order valence-electron chi connectivity index (χ4n) is 1.83. The fraction of sp³-hybridized carbons (Fsp3) is 0.267. The van der Waals surface area contributed by atoms with Crippen molar-refractivity contribution in [3.8, 4) is 5.75 Å². The molecule has 1 heterocycles. The lowest BCUT2D eigenvalue weighted by Gasteiger charge is -2.10. The minimum absolute atomic E-state index is 0.181. The van der Waals surface area contributed by atoms with E-state index in [1.165, 1.54) is 16.7 Å². The van der Waals surface area contributed by atoms with Gasteiger partial charge in [-0.25, -0.2) is 4.79 Å². The first kappa shape index (κ1) is 19.1. The first-order chi connectivity index (χ1) is 11.3. The van der Waals surface area contributed by atoms with E-state index in [1.54, 1.807) is 32.2 Å². The van der Waals surface area contributed by atoms with Crippen molar-refractivity contribution in [1.82, 2.24) is 4.90 Å². The lowest BCUT2D eigenvalue weighted by atomic mass is 10.2. The van der Waals surface area contributed by atoms with Gasteiger partial charge in [0.1, 0.15) is 4.32 Å². The Hall–Kier alpha value is -1.28. The van der Waals surface area contributed by atoms with Crippen LogP contribution in [0, 0.1) is 0 Å². The number of thiocarbonyl (C=S) groups is 1. The average Bonchev–Trinajstić information content (AvgIpc) is 2.74. The van der Waals surface area contributed by atoms with Crippen LogP contribution in [0.4, 0.5) is 0 Å². The standard InChI is InChI=1S/C15H13Cl2NO4S2/c1-3-21-12(19)7-22-13-9(16)4-8(5-10(13)17)6-11-14(20)18(2)15(23)24-11/h4-6H,3,7H2,1-2H3/b11-6+. The number of carbonyl (C=O) groups excluding carboxylic acids is 2. The summed E-state index contributed by atoms with van der Waals surface area (Å²) in [7, 11) is 1.62. The maximum absolute atomic E-state index is 12.0. The molecule has 9 heteroatoms. The third-order valence-electron chi connectivity index (χ3n) is 2.94. The van der Waals surface area contributed by atoms with Gasteiger partial charge in [0.2, 0.25) is 0 Å². The molecule has 1 aromatic carbocycles. The van der Waals surface area contributed by atoms with E-state index >= 15 is 0 Å². The number of esters is 1. The van der Waals surface area contributed by atoms with Crippen molar-refractivity contribution >= 4 is 69.5 Å². The minimum atomic E-state index is -0.514. The zero-order valence-corrected chi connectivity index (χ0v) is 15.9. The van der Waals surface area contributed by atoms with Gasteiger partial charge in [0.15, 0.2) is 12.4 Å². The molecule has 128 valence electrons. The van der Waals surface area contributed by atoms with Gasteiger partial charge in [-0.05, 0) is 30.7 Å². The molecule has 2 rings (SSSR count). The van der Waals surface area contributed by atoms with Crippen LogP contribution in [0.1, 0.15) is 12.5 Å². The molecule has 0 bridgehead atoms. The lowest BCUT2D eigenvalue weighted by Crippen LogP contribution is -2.22. The van der Waals surface area contributed by atoms with Crippen LogP contribution < -0.4 is 4.74 Å². The third-order valence-corrected chi connectivity index (χ3v) is 4.99. The van der Waals surface area contributed by atoms with E-state index in [1.807, 2.05) is 0 Å². The van der Waals surface area contributed by atoms with Gasteiger partial charge in [-0.2, -0.15) is 0 Å². The highest BCUT2D eigenvalue weighted by Crippen LogP contribution is 2.37. The SMILES string of the molecule is CCOC(=O)COc1c(Cl)cc(/C=C2/SC(=S)N(C)C2=O)cc1Cl. The predicted molar refractivity (Wildman–Crippen MR) is 99.5 cm³/mol. The van der Waals surface area contributed by atoms with Crippen molar-refractivity contribution in [2.75, 3.05) is 20.3 Å². The van der Waals surface area contributed by atoms with E-state index in [0.29, 0.717) is 14.8 Å². The molecular formula is C15H13Cl2NO4S2. The van der Waals surface area contributed by atoms with Crippen molar-refractivity contribution in [3.05, 3.63) is 32.6 Å². The van der Waals surface area contributed by atoms with E-state index in [2.05, 4.69) is 0 Å². The second kappa shape index (κ2) is 8.20. The Morgan fingerprint density at radius 2 is 2.00 bits per heavy atom. The van der Waals surface area contributed by atoms with Crippen LogP contribution in [-0.2, 0) is 14.3 Å². The van der Waals surface area contributed by atoms with Gasteiger partial charge in [0, 0.05) is 7.05 Å². The summed E-state index contributed by atoms with van der Waals surface area (Å²) in [6.45, 7) is 1.67. The van der Waals surface area contributed by atoms with Crippen LogP contribution in [0.2, 0.25) is 10.0 Å². The third kappa shape index (κ3) is 4.42. The number of rotatable bonds is 5. The molecule has 5 nitrogen and oxygen atoms in total. The van der Waals surface area contributed by atoms with Gasteiger partial charge >= 0.3 is 5.97 Å². The Bertz CT molecular complexity index is 713. The number of ether oxygens (including phenoxy) is 2. The Morgan fingerprint density at radius 1 is 1.38 bits per heavy atom. The number of thioether (sulfide) groups is 1. The van der Waals surface area contributed by atoms with Gasteiger partial charge in [-0.15, -0.1) is 0 Å². The monoisotopic (exact) mass is 405 g/mol. The van der Waals surface area contributed by atoms with Crippen LogP contribution in [0.3, 0.4) is 0 Å². The highest BCUT2D eigenvalue weighted by molar-refractivity contribution is 8.26. The molecule has 0 N–H and O–H groups in total. The lowest BCUT2D eigenvalue weighted by molar-refractivity contribution is -0.145. The zero-order chi connectivity index (χ0) is 17.9. The van der Waals surface area contributed by atoms with Gasteiger partial charge in [-0.1, -0.05) is 47.2 Å². The summed E-state index contributed by atoms with van der Waals surface area (Å²) in [6.07, 6.45) is 1.65. The van der Waals surface area contributed by atoms with Crippen molar-refractivity contribution in [2.24, 2.45) is 0 Å². The molecule has 1 amide bonds. The molecule has 0 atom stereocenters. The van der Waals surface area contributed by atoms with E-state index in [-0.39, 0.29) is 34.9 Å². The highest BCUT2D eigenvalue weighted by atomic mass is 35.5. The summed E-state index contributed by atoms with van der Waals surface area (Å²) in [4.78, 5) is 25.2. The van der Waals surface area contributed by atoms with E-state index in [0.717, 1.165) is 0 Å². The molecule has 1 saturated heterocycles. The highest BCUT2D eigenvalue weighted by Gasteiger charge is 2.28. The second-order valence-corrected chi connectivity index (χ2v) is 7.14. The molecule has 24 heavy (non-hydrogen) atoms. The molecule has 0 spiro atoms. The van der Waals surface area contributed by atoms with Gasteiger partial charge in [0.25, 0.3) is 5.91 Å². The average molecular weight is 406 g/mol. The molecule has 1 aliphatic heterocycles.